The molecule has 3 aromatic rings. The topological polar surface area (TPSA) is 64.5 Å². The molecule has 0 bridgehead atoms. The number of nitriles is 1. The van der Waals surface area contributed by atoms with Gasteiger partial charge in [-0.25, -0.2) is 0 Å². The van der Waals surface area contributed by atoms with Crippen molar-refractivity contribution in [3.63, 3.8) is 0 Å². The highest BCUT2D eigenvalue weighted by atomic mass is 32.1. The minimum Gasteiger partial charge on any atom is -0.308 e. The van der Waals surface area contributed by atoms with Gasteiger partial charge in [0.15, 0.2) is 0 Å². The largest absolute Gasteiger partial charge is 0.308 e. The van der Waals surface area contributed by atoms with Crippen molar-refractivity contribution in [2.24, 2.45) is 0 Å². The Morgan fingerprint density at radius 3 is 2.71 bits per heavy atom. The molecule has 0 saturated heterocycles. The zero-order valence-electron chi connectivity index (χ0n) is 11.3. The lowest BCUT2D eigenvalue weighted by Crippen LogP contribution is -2.11. The van der Waals surface area contributed by atoms with Gasteiger partial charge in [-0.05, 0) is 23.3 Å². The van der Waals surface area contributed by atoms with Crippen LogP contribution in [-0.2, 0) is 13.1 Å². The predicted molar refractivity (Wildman–Crippen MR) is 83.6 cm³/mol. The van der Waals surface area contributed by atoms with E-state index in [4.69, 9.17) is 5.26 Å². The summed E-state index contributed by atoms with van der Waals surface area (Å²) in [7, 11) is 0. The lowest BCUT2D eigenvalue weighted by atomic mass is 10.1. The van der Waals surface area contributed by atoms with Gasteiger partial charge in [-0.2, -0.15) is 10.4 Å². The second kappa shape index (κ2) is 6.35. The Morgan fingerprint density at radius 2 is 2.05 bits per heavy atom. The van der Waals surface area contributed by atoms with Crippen molar-refractivity contribution >= 4 is 11.3 Å². The van der Waals surface area contributed by atoms with Gasteiger partial charge in [-0.1, -0.05) is 24.3 Å². The molecule has 5 heteroatoms. The van der Waals surface area contributed by atoms with Crippen LogP contribution in [0.15, 0.2) is 48.0 Å². The Morgan fingerprint density at radius 1 is 1.19 bits per heavy atom. The van der Waals surface area contributed by atoms with Crippen LogP contribution in [0, 0.1) is 11.3 Å². The Labute approximate surface area is 127 Å². The molecular formula is C16H14N4S. The quantitative estimate of drug-likeness (QED) is 0.759. The highest BCUT2D eigenvalue weighted by Crippen LogP contribution is 2.17. The Balaban J connectivity index is 1.55. The van der Waals surface area contributed by atoms with Crippen molar-refractivity contribution in [2.45, 2.75) is 13.1 Å². The van der Waals surface area contributed by atoms with Gasteiger partial charge in [0.2, 0.25) is 0 Å². The van der Waals surface area contributed by atoms with Crippen LogP contribution < -0.4 is 5.32 Å². The van der Waals surface area contributed by atoms with Crippen LogP contribution in [0.4, 0.5) is 0 Å². The number of aromatic amines is 1. The van der Waals surface area contributed by atoms with E-state index in [0.29, 0.717) is 0 Å². The normalized spacial score (nSPS) is 10.4. The first-order valence-electron chi connectivity index (χ1n) is 6.62. The number of benzene rings is 1. The van der Waals surface area contributed by atoms with Gasteiger partial charge in [-0.3, -0.25) is 5.10 Å². The molecule has 2 aromatic heterocycles. The number of hydrogen-bond acceptors (Lipinski definition) is 4. The summed E-state index contributed by atoms with van der Waals surface area (Å²) in [6.07, 6.45) is 1.75. The molecule has 3 rings (SSSR count). The maximum Gasteiger partial charge on any atom is 0.100 e. The van der Waals surface area contributed by atoms with Gasteiger partial charge in [-0.15, -0.1) is 11.3 Å². The summed E-state index contributed by atoms with van der Waals surface area (Å²) >= 11 is 1.61. The molecule has 21 heavy (non-hydrogen) atoms. The van der Waals surface area contributed by atoms with Crippen molar-refractivity contribution < 1.29 is 0 Å². The van der Waals surface area contributed by atoms with Gasteiger partial charge in [0, 0.05) is 29.5 Å². The van der Waals surface area contributed by atoms with Gasteiger partial charge in [0.1, 0.15) is 6.07 Å². The van der Waals surface area contributed by atoms with Gasteiger partial charge >= 0.3 is 0 Å². The van der Waals surface area contributed by atoms with Crippen LogP contribution in [0.3, 0.4) is 0 Å². The number of rotatable bonds is 5. The Bertz CT molecular complexity index is 735. The summed E-state index contributed by atoms with van der Waals surface area (Å²) in [5, 5.41) is 21.0. The fraction of sp³-hybridized carbons (Fsp3) is 0.125. The molecule has 1 aromatic carbocycles. The Kier molecular flexibility index (Phi) is 4.10. The first kappa shape index (κ1) is 13.6. The average Bonchev–Trinajstić information content (AvgIpc) is 3.19. The van der Waals surface area contributed by atoms with E-state index in [2.05, 4.69) is 45.8 Å². The first-order valence-corrected chi connectivity index (χ1v) is 7.50. The van der Waals surface area contributed by atoms with Crippen LogP contribution in [0.5, 0.6) is 0 Å². The van der Waals surface area contributed by atoms with E-state index in [9.17, 15) is 0 Å². The molecular weight excluding hydrogens is 280 g/mol. The van der Waals surface area contributed by atoms with E-state index in [1.807, 2.05) is 17.5 Å². The molecule has 0 atom stereocenters. The summed E-state index contributed by atoms with van der Waals surface area (Å²) in [4.78, 5) is 1.18. The van der Waals surface area contributed by atoms with E-state index < -0.39 is 0 Å². The van der Waals surface area contributed by atoms with Crippen LogP contribution in [0.2, 0.25) is 0 Å². The molecule has 0 aliphatic heterocycles. The molecule has 104 valence electrons. The lowest BCUT2D eigenvalue weighted by molar-refractivity contribution is 0.701. The van der Waals surface area contributed by atoms with Gasteiger partial charge in [0.25, 0.3) is 0 Å². The second-order valence-electron chi connectivity index (χ2n) is 4.68. The third-order valence-electron chi connectivity index (χ3n) is 3.18. The maximum absolute atomic E-state index is 8.79. The minimum absolute atomic E-state index is 0.737. The number of thiophene rings is 1. The molecule has 0 saturated carbocycles. The summed E-state index contributed by atoms with van der Waals surface area (Å²) in [6.45, 7) is 1.59. The number of aromatic nitrogens is 2. The molecule has 0 unspecified atom stereocenters. The SMILES string of the molecule is N#Cc1csc(CNCc2ccc(-c3ccn[nH]3)cc2)c1. The fourth-order valence-corrected chi connectivity index (χ4v) is 2.86. The third kappa shape index (κ3) is 3.37. The molecule has 0 aliphatic rings. The van der Waals surface area contributed by atoms with Crippen LogP contribution in [0.1, 0.15) is 16.0 Å². The molecule has 0 aliphatic carbocycles. The van der Waals surface area contributed by atoms with Crippen molar-refractivity contribution in [1.29, 1.82) is 5.26 Å². The first-order chi connectivity index (χ1) is 10.3. The second-order valence-corrected chi connectivity index (χ2v) is 5.68. The zero-order valence-corrected chi connectivity index (χ0v) is 12.2. The maximum atomic E-state index is 8.79. The molecule has 4 nitrogen and oxygen atoms in total. The molecule has 0 amide bonds. The van der Waals surface area contributed by atoms with Crippen molar-refractivity contribution in [3.8, 4) is 17.3 Å². The van der Waals surface area contributed by atoms with E-state index in [0.717, 1.165) is 29.9 Å². The van der Waals surface area contributed by atoms with E-state index >= 15 is 0 Å². The number of H-pyrrole nitrogens is 1. The molecule has 0 fully saturated rings. The Hall–Kier alpha value is -2.42. The summed E-state index contributed by atoms with van der Waals surface area (Å²) in [6, 6.07) is 14.4. The van der Waals surface area contributed by atoms with Crippen molar-refractivity contribution in [1.82, 2.24) is 15.5 Å². The van der Waals surface area contributed by atoms with E-state index in [1.54, 1.807) is 17.5 Å². The standard InChI is InChI=1S/C16H14N4S/c17-8-13-7-15(21-11-13)10-18-9-12-1-3-14(4-2-12)16-5-6-19-20-16/h1-7,11,18H,9-10H2,(H,19,20). The highest BCUT2D eigenvalue weighted by Gasteiger charge is 2.01. The fourth-order valence-electron chi connectivity index (χ4n) is 2.08. The molecule has 0 spiro atoms. The lowest BCUT2D eigenvalue weighted by Gasteiger charge is -2.04. The monoisotopic (exact) mass is 294 g/mol. The van der Waals surface area contributed by atoms with Crippen molar-refractivity contribution in [2.75, 3.05) is 0 Å². The van der Waals surface area contributed by atoms with E-state index in [-0.39, 0.29) is 0 Å². The molecule has 0 radical (unpaired) electrons. The summed E-state index contributed by atoms with van der Waals surface area (Å²) in [5.41, 5.74) is 4.13. The highest BCUT2D eigenvalue weighted by molar-refractivity contribution is 7.10. The van der Waals surface area contributed by atoms with E-state index in [1.165, 1.54) is 10.4 Å². The van der Waals surface area contributed by atoms with Crippen LogP contribution in [-0.4, -0.2) is 10.2 Å². The molecule has 2 heterocycles. The third-order valence-corrected chi connectivity index (χ3v) is 4.11. The summed E-state index contributed by atoms with van der Waals surface area (Å²) in [5.74, 6) is 0. The van der Waals surface area contributed by atoms with Crippen LogP contribution >= 0.6 is 11.3 Å². The molecule has 2 N–H and O–H groups in total. The van der Waals surface area contributed by atoms with Crippen molar-refractivity contribution in [3.05, 3.63) is 64.0 Å². The van der Waals surface area contributed by atoms with Gasteiger partial charge < -0.3 is 5.32 Å². The zero-order chi connectivity index (χ0) is 14.5. The smallest absolute Gasteiger partial charge is 0.100 e. The van der Waals surface area contributed by atoms with Crippen LogP contribution in [0.25, 0.3) is 11.3 Å². The predicted octanol–water partition coefficient (Wildman–Crippen LogP) is 3.30. The average molecular weight is 294 g/mol. The number of nitrogens with one attached hydrogen (secondary N) is 2. The number of hydrogen-bond donors (Lipinski definition) is 2. The minimum atomic E-state index is 0.737. The number of nitrogens with zero attached hydrogens (tertiary/aromatic N) is 2. The van der Waals surface area contributed by atoms with Gasteiger partial charge in [0.05, 0.1) is 11.3 Å². The summed E-state index contributed by atoms with van der Waals surface area (Å²) < 4.78 is 0.